The number of amides is 2. The van der Waals surface area contributed by atoms with Crippen LogP contribution in [0.15, 0.2) is 72.9 Å². The fourth-order valence-electron chi connectivity index (χ4n) is 7.87. The molecule has 3 aliphatic rings. The van der Waals surface area contributed by atoms with E-state index >= 15 is 0 Å². The molecule has 5 aromatic rings. The molecule has 2 amide bonds. The lowest BCUT2D eigenvalue weighted by Gasteiger charge is -2.33. The molecule has 2 saturated heterocycles. The van der Waals surface area contributed by atoms with E-state index in [1.807, 2.05) is 65.2 Å². The first-order valence-electron chi connectivity index (χ1n) is 19.8. The van der Waals surface area contributed by atoms with Crippen molar-refractivity contribution >= 4 is 23.4 Å². The third-order valence-electron chi connectivity index (χ3n) is 11.0. The zero-order valence-electron chi connectivity index (χ0n) is 32.4. The number of urea groups is 1. The number of nitrogens with zero attached hydrogens (tertiary/aromatic N) is 7. The fourth-order valence-corrected chi connectivity index (χ4v) is 7.87. The molecule has 8 rings (SSSR count). The lowest BCUT2D eigenvalue weighted by molar-refractivity contribution is 0.0322. The molecule has 0 spiro atoms. The van der Waals surface area contributed by atoms with Gasteiger partial charge >= 0.3 is 6.03 Å². The Morgan fingerprint density at radius 3 is 2.56 bits per heavy atom. The third-order valence-corrected chi connectivity index (χ3v) is 11.0. The zero-order valence-corrected chi connectivity index (χ0v) is 32.4. The van der Waals surface area contributed by atoms with Gasteiger partial charge in [0.25, 0.3) is 0 Å². The summed E-state index contributed by atoms with van der Waals surface area (Å²) in [6, 6.07) is 21.9. The molecule has 0 radical (unpaired) electrons. The summed E-state index contributed by atoms with van der Waals surface area (Å²) in [6.45, 7) is 14.4. The van der Waals surface area contributed by atoms with Crippen LogP contribution in [0.25, 0.3) is 11.3 Å². The van der Waals surface area contributed by atoms with Crippen LogP contribution < -0.4 is 25.0 Å². The number of nitrogens with one attached hydrogen (secondary N) is 2. The molecule has 0 saturated carbocycles. The van der Waals surface area contributed by atoms with E-state index in [2.05, 4.69) is 70.5 Å². The van der Waals surface area contributed by atoms with Gasteiger partial charge in [-0.25, -0.2) is 9.48 Å². The highest BCUT2D eigenvalue weighted by atomic mass is 16.5. The third kappa shape index (κ3) is 8.28. The Hall–Kier alpha value is -5.14. The van der Waals surface area contributed by atoms with E-state index in [1.165, 1.54) is 6.42 Å². The number of pyridine rings is 1. The van der Waals surface area contributed by atoms with Crippen LogP contribution in [-0.2, 0) is 10.2 Å². The lowest BCUT2D eigenvalue weighted by atomic mass is 9.85. The van der Waals surface area contributed by atoms with Gasteiger partial charge in [0.05, 0.1) is 36.8 Å². The number of ether oxygens (including phenoxy) is 3. The van der Waals surface area contributed by atoms with Gasteiger partial charge < -0.3 is 24.4 Å². The van der Waals surface area contributed by atoms with Crippen molar-refractivity contribution in [2.45, 2.75) is 83.4 Å². The molecule has 3 atom stereocenters. The predicted octanol–water partition coefficient (Wildman–Crippen LogP) is 7.08. The largest absolute Gasteiger partial charge is 0.492 e. The molecule has 1 aliphatic carbocycles. The van der Waals surface area contributed by atoms with Crippen LogP contribution >= 0.6 is 0 Å². The number of piperidine rings is 1. The van der Waals surface area contributed by atoms with Crippen molar-refractivity contribution in [2.24, 2.45) is 0 Å². The number of hydrogen-bond acceptors (Lipinski definition) is 9. The van der Waals surface area contributed by atoms with Crippen molar-refractivity contribution in [2.75, 3.05) is 56.2 Å². The van der Waals surface area contributed by atoms with Crippen molar-refractivity contribution in [1.82, 2.24) is 34.6 Å². The molecule has 2 N–H and O–H groups in total. The van der Waals surface area contributed by atoms with Gasteiger partial charge in [0.15, 0.2) is 5.65 Å². The summed E-state index contributed by atoms with van der Waals surface area (Å²) >= 11 is 0. The van der Waals surface area contributed by atoms with Crippen molar-refractivity contribution in [3.05, 3.63) is 89.7 Å². The van der Waals surface area contributed by atoms with Gasteiger partial charge in [-0.3, -0.25) is 14.6 Å². The van der Waals surface area contributed by atoms with Gasteiger partial charge in [-0.05, 0) is 74.4 Å². The minimum atomic E-state index is -0.295. The Morgan fingerprint density at radius 1 is 0.909 bits per heavy atom. The molecule has 0 unspecified atom stereocenters. The number of rotatable bonds is 10. The second-order valence-corrected chi connectivity index (χ2v) is 16.0. The van der Waals surface area contributed by atoms with Crippen LogP contribution in [0.2, 0.25) is 0 Å². The quantitative estimate of drug-likeness (QED) is 0.154. The molecule has 55 heavy (non-hydrogen) atoms. The molecule has 3 aromatic heterocycles. The van der Waals surface area contributed by atoms with Crippen LogP contribution in [0.4, 0.5) is 16.6 Å². The highest BCUT2D eigenvalue weighted by Gasteiger charge is 2.31. The number of morpholine rings is 1. The first-order valence-corrected chi connectivity index (χ1v) is 19.8. The summed E-state index contributed by atoms with van der Waals surface area (Å²) < 4.78 is 22.1. The summed E-state index contributed by atoms with van der Waals surface area (Å²) in [5, 5.41) is 20.3. The first kappa shape index (κ1) is 36.8. The molecule has 290 valence electrons. The average Bonchev–Trinajstić information content (AvgIpc) is 3.81. The maximum absolute atomic E-state index is 13.8. The predicted molar refractivity (Wildman–Crippen MR) is 213 cm³/mol. The topological polar surface area (TPSA) is 123 Å². The minimum Gasteiger partial charge on any atom is -0.492 e. The molecule has 0 bridgehead atoms. The lowest BCUT2D eigenvalue weighted by Crippen LogP contribution is -2.38. The molecular formula is C42H53N9O4. The van der Waals surface area contributed by atoms with Crippen molar-refractivity contribution in [3.63, 3.8) is 0 Å². The molecule has 2 aromatic carbocycles. The van der Waals surface area contributed by atoms with Crippen LogP contribution in [-0.4, -0.2) is 87.4 Å². The van der Waals surface area contributed by atoms with Crippen molar-refractivity contribution < 1.29 is 19.0 Å². The van der Waals surface area contributed by atoms with Crippen molar-refractivity contribution in [1.29, 1.82) is 0 Å². The average molecular weight is 748 g/mol. The number of carbonyl (C=O) groups excluding carboxylic acids is 1. The van der Waals surface area contributed by atoms with Crippen LogP contribution in [0, 0.1) is 0 Å². The van der Waals surface area contributed by atoms with E-state index in [1.54, 1.807) is 4.68 Å². The van der Waals surface area contributed by atoms with E-state index in [0.29, 0.717) is 18.5 Å². The summed E-state index contributed by atoms with van der Waals surface area (Å²) in [4.78, 5) is 18.5. The molecule has 13 heteroatoms. The van der Waals surface area contributed by atoms with E-state index in [4.69, 9.17) is 19.3 Å². The summed E-state index contributed by atoms with van der Waals surface area (Å²) in [7, 11) is 0. The van der Waals surface area contributed by atoms with E-state index in [-0.39, 0.29) is 23.6 Å². The van der Waals surface area contributed by atoms with Gasteiger partial charge in [0.2, 0.25) is 5.95 Å². The van der Waals surface area contributed by atoms with Crippen LogP contribution in [0.5, 0.6) is 11.5 Å². The fraction of sp³-hybridized carbons (Fsp3) is 0.476. The number of aromatic nitrogens is 5. The van der Waals surface area contributed by atoms with Gasteiger partial charge in [0.1, 0.15) is 30.0 Å². The number of benzene rings is 2. The Kier molecular flexibility index (Phi) is 10.7. The number of hydrogen-bond donors (Lipinski definition) is 2. The molecule has 2 aliphatic heterocycles. The normalized spacial score (nSPS) is 20.6. The van der Waals surface area contributed by atoms with Gasteiger partial charge in [-0.15, -0.1) is 10.2 Å². The van der Waals surface area contributed by atoms with E-state index in [0.717, 1.165) is 111 Å². The maximum atomic E-state index is 13.8. The van der Waals surface area contributed by atoms with Gasteiger partial charge in [0, 0.05) is 49.8 Å². The Balaban J connectivity index is 0.961. The second-order valence-electron chi connectivity index (χ2n) is 16.0. The van der Waals surface area contributed by atoms with E-state index < -0.39 is 0 Å². The molecule has 2 fully saturated rings. The van der Waals surface area contributed by atoms with Crippen LogP contribution in [0.3, 0.4) is 0 Å². The standard InChI is InChI=1S/C42H53N9O4/c1-29-10-7-8-19-49(29)41-46-45-38-18-15-32(28-50(38)41)55-36-17-16-35(33-13-5-6-14-34(33)36)43-40(52)44-39-27-37(42(2,3)4)47-51(39)30-11-9-12-31(26-30)54-25-22-48-20-23-53-24-21-48/h5-6,9,11-15,18,26-29,35-36H,7-8,10,16-17,19-25H2,1-4H3,(H2,43,44,52)/t29-,35-,36+/m0/s1. The molecule has 5 heterocycles. The Bertz CT molecular complexity index is 2100. The minimum absolute atomic E-state index is 0.164. The molecule has 13 nitrogen and oxygen atoms in total. The van der Waals surface area contributed by atoms with Crippen molar-refractivity contribution in [3.8, 4) is 17.2 Å². The SMILES string of the molecule is C[C@H]1CCCCN1c1nnc2ccc(O[C@@H]3CC[C@H](NC(=O)Nc4cc(C(C)(C)C)nn4-c4cccc(OCCN5CCOCC5)c4)c4ccccc43)cn12. The van der Waals surface area contributed by atoms with Crippen LogP contribution in [0.1, 0.15) is 88.8 Å². The van der Waals surface area contributed by atoms with E-state index in [9.17, 15) is 4.79 Å². The Morgan fingerprint density at radius 2 is 1.75 bits per heavy atom. The summed E-state index contributed by atoms with van der Waals surface area (Å²) in [5.41, 5.74) is 4.36. The monoisotopic (exact) mass is 747 g/mol. The second kappa shape index (κ2) is 15.9. The number of carbonyl (C=O) groups is 1. The number of anilines is 2. The van der Waals surface area contributed by atoms with Gasteiger partial charge in [-0.1, -0.05) is 51.1 Å². The number of fused-ring (bicyclic) bond motifs is 2. The summed E-state index contributed by atoms with van der Waals surface area (Å²) in [6.07, 6.45) is 6.85. The molecular weight excluding hydrogens is 695 g/mol. The first-order chi connectivity index (χ1) is 26.7. The highest BCUT2D eigenvalue weighted by molar-refractivity contribution is 5.89. The smallest absolute Gasteiger partial charge is 0.320 e. The zero-order chi connectivity index (χ0) is 37.9. The van der Waals surface area contributed by atoms with Gasteiger partial charge in [-0.2, -0.15) is 5.10 Å². The maximum Gasteiger partial charge on any atom is 0.320 e. The highest BCUT2D eigenvalue weighted by Crippen LogP contribution is 2.39. The summed E-state index contributed by atoms with van der Waals surface area (Å²) in [5.74, 6) is 2.96. The Labute approximate surface area is 323 Å².